The zero-order valence-corrected chi connectivity index (χ0v) is 5.18. The summed E-state index contributed by atoms with van der Waals surface area (Å²) in [6, 6.07) is 0. The van der Waals surface area contributed by atoms with Crippen LogP contribution in [0, 0.1) is 0 Å². The molecule has 0 saturated heterocycles. The van der Waals surface area contributed by atoms with Gasteiger partial charge in [-0.3, -0.25) is 0 Å². The highest BCUT2D eigenvalue weighted by atomic mass is 27.0. The number of aliphatic hydroxyl groups is 1. The molecular formula is C5H13AlO4. The summed E-state index contributed by atoms with van der Waals surface area (Å²) < 4.78 is 4.31. The number of carbonyl (C=O) groups is 1. The van der Waals surface area contributed by atoms with Crippen molar-refractivity contribution in [2.45, 2.75) is 6.92 Å². The molecule has 3 N–H and O–H groups in total. The molecule has 0 aromatic rings. The third kappa shape index (κ3) is 7.50. The van der Waals surface area contributed by atoms with Crippen LogP contribution in [0.3, 0.4) is 0 Å². The van der Waals surface area contributed by atoms with Crippen LogP contribution in [-0.4, -0.2) is 40.5 Å². The predicted octanol–water partition coefficient (Wildman–Crippen LogP) is -1.39. The third-order valence-electron chi connectivity index (χ3n) is 0.511. The summed E-state index contributed by atoms with van der Waals surface area (Å²) >= 11 is 0. The molecule has 0 radical (unpaired) electrons. The second kappa shape index (κ2) is 8.50. The monoisotopic (exact) mass is 164 g/mol. The van der Waals surface area contributed by atoms with Crippen molar-refractivity contribution >= 4 is 23.3 Å². The second-order valence-electron chi connectivity index (χ2n) is 1.17. The molecule has 0 amide bonds. The Kier molecular flexibility index (Phi) is 13.8. The van der Waals surface area contributed by atoms with Gasteiger partial charge in [0.05, 0.1) is 6.61 Å². The van der Waals surface area contributed by atoms with Crippen molar-refractivity contribution in [3.05, 3.63) is 12.3 Å². The van der Waals surface area contributed by atoms with Crippen LogP contribution < -0.4 is 0 Å². The summed E-state index contributed by atoms with van der Waals surface area (Å²) in [5.74, 6) is -1.31. The molecular weight excluding hydrogens is 151 g/mol. The molecule has 0 rings (SSSR count). The third-order valence-corrected chi connectivity index (χ3v) is 0.511. The first-order valence-corrected chi connectivity index (χ1v) is 2.23. The van der Waals surface area contributed by atoms with Gasteiger partial charge in [-0.25, -0.2) is 4.79 Å². The molecule has 0 aliphatic rings. The summed E-state index contributed by atoms with van der Waals surface area (Å²) in [6.07, 6.45) is 0. The van der Waals surface area contributed by atoms with E-state index >= 15 is 0 Å². The first kappa shape index (κ1) is 16.2. The predicted molar refractivity (Wildman–Crippen MR) is 42.0 cm³/mol. The standard InChI is InChI=1S/C5H8O3.Al.H2O.3H/c1-3-8-5(7)4(2)6;;;;;/h6H,2-3H2,1H3;;1H2;;;. The van der Waals surface area contributed by atoms with Gasteiger partial charge in [0.15, 0.2) is 23.1 Å². The van der Waals surface area contributed by atoms with Crippen LogP contribution in [0.15, 0.2) is 12.3 Å². The maximum Gasteiger partial charge on any atom is 0.372 e. The van der Waals surface area contributed by atoms with Gasteiger partial charge >= 0.3 is 5.97 Å². The molecule has 60 valence electrons. The molecule has 0 bridgehead atoms. The lowest BCUT2D eigenvalue weighted by molar-refractivity contribution is -0.141. The van der Waals surface area contributed by atoms with Crippen molar-refractivity contribution < 1.29 is 20.1 Å². The molecule has 5 heteroatoms. The minimum Gasteiger partial charge on any atom is -0.502 e. The molecule has 0 heterocycles. The molecule has 0 aliphatic carbocycles. The van der Waals surface area contributed by atoms with Crippen LogP contribution in [-0.2, 0) is 9.53 Å². The van der Waals surface area contributed by atoms with Gasteiger partial charge in [0.2, 0.25) is 0 Å². The van der Waals surface area contributed by atoms with Gasteiger partial charge in [0.1, 0.15) is 0 Å². The summed E-state index contributed by atoms with van der Waals surface area (Å²) in [6.45, 7) is 4.87. The number of rotatable bonds is 2. The van der Waals surface area contributed by atoms with E-state index in [2.05, 4.69) is 11.3 Å². The van der Waals surface area contributed by atoms with Crippen molar-refractivity contribution in [1.82, 2.24) is 0 Å². The van der Waals surface area contributed by atoms with Crippen LogP contribution in [0.1, 0.15) is 6.92 Å². The fraction of sp³-hybridized carbons (Fsp3) is 0.400. The lowest BCUT2D eigenvalue weighted by Gasteiger charge is -1.95. The van der Waals surface area contributed by atoms with Crippen LogP contribution in [0.25, 0.3) is 0 Å². The van der Waals surface area contributed by atoms with Gasteiger partial charge in [0, 0.05) is 0 Å². The smallest absolute Gasteiger partial charge is 0.372 e. The van der Waals surface area contributed by atoms with Crippen LogP contribution in [0.2, 0.25) is 0 Å². The first-order valence-electron chi connectivity index (χ1n) is 2.23. The van der Waals surface area contributed by atoms with Crippen molar-refractivity contribution in [2.24, 2.45) is 0 Å². The quantitative estimate of drug-likeness (QED) is 0.236. The van der Waals surface area contributed by atoms with Gasteiger partial charge in [0.25, 0.3) is 0 Å². The van der Waals surface area contributed by atoms with Gasteiger partial charge in [-0.15, -0.1) is 0 Å². The van der Waals surface area contributed by atoms with Crippen LogP contribution >= 0.6 is 0 Å². The van der Waals surface area contributed by atoms with E-state index in [1.54, 1.807) is 6.92 Å². The van der Waals surface area contributed by atoms with Crippen LogP contribution in [0.5, 0.6) is 0 Å². The summed E-state index contributed by atoms with van der Waals surface area (Å²) in [4.78, 5) is 10.2. The minimum atomic E-state index is -0.757. The molecule has 4 nitrogen and oxygen atoms in total. The molecule has 0 spiro atoms. The maximum absolute atomic E-state index is 10.2. The van der Waals surface area contributed by atoms with Crippen LogP contribution in [0.4, 0.5) is 0 Å². The van der Waals surface area contributed by atoms with Gasteiger partial charge < -0.3 is 15.3 Å². The van der Waals surface area contributed by atoms with Gasteiger partial charge in [-0.1, -0.05) is 0 Å². The topological polar surface area (TPSA) is 78.0 Å². The Morgan fingerprint density at radius 3 is 2.20 bits per heavy atom. The number of hydrogen-bond donors (Lipinski definition) is 1. The number of aliphatic hydroxyl groups excluding tert-OH is 1. The SMILES string of the molecule is C=C(O)C(=O)OCC.O.[AlH3]. The fourth-order valence-corrected chi connectivity index (χ4v) is 0.214. The molecule has 0 fully saturated rings. The number of carbonyl (C=O) groups excluding carboxylic acids is 1. The molecule has 10 heavy (non-hydrogen) atoms. The van der Waals surface area contributed by atoms with Crippen molar-refractivity contribution in [3.8, 4) is 0 Å². The molecule has 0 aromatic carbocycles. The van der Waals surface area contributed by atoms with E-state index in [1.807, 2.05) is 0 Å². The van der Waals surface area contributed by atoms with E-state index in [-0.39, 0.29) is 29.4 Å². The second-order valence-corrected chi connectivity index (χ2v) is 1.17. The Morgan fingerprint density at radius 2 is 2.10 bits per heavy atom. The zero-order chi connectivity index (χ0) is 6.57. The van der Waals surface area contributed by atoms with E-state index in [9.17, 15) is 4.79 Å². The first-order chi connectivity index (χ1) is 3.68. The van der Waals surface area contributed by atoms with Crippen molar-refractivity contribution in [2.75, 3.05) is 6.61 Å². The molecule has 0 aromatic heterocycles. The molecule has 0 saturated carbocycles. The highest BCUT2D eigenvalue weighted by Crippen LogP contribution is 1.85. The Balaban J connectivity index is -0.000000245. The lowest BCUT2D eigenvalue weighted by atomic mass is 10.6. The number of esters is 1. The Morgan fingerprint density at radius 1 is 1.70 bits per heavy atom. The molecule has 0 unspecified atom stereocenters. The number of ether oxygens (including phenoxy) is 1. The van der Waals surface area contributed by atoms with Gasteiger partial charge in [-0.05, 0) is 13.5 Å². The average Bonchev–Trinajstić information content (AvgIpc) is 1.67. The van der Waals surface area contributed by atoms with Crippen molar-refractivity contribution in [3.63, 3.8) is 0 Å². The number of hydrogen-bond acceptors (Lipinski definition) is 3. The van der Waals surface area contributed by atoms with E-state index in [0.717, 1.165) is 0 Å². The average molecular weight is 164 g/mol. The van der Waals surface area contributed by atoms with E-state index in [0.29, 0.717) is 0 Å². The Labute approximate surface area is 69.9 Å². The van der Waals surface area contributed by atoms with E-state index in [4.69, 9.17) is 5.11 Å². The van der Waals surface area contributed by atoms with E-state index < -0.39 is 11.7 Å². The Bertz CT molecular complexity index is 112. The minimum absolute atomic E-state index is 0. The van der Waals surface area contributed by atoms with Crippen molar-refractivity contribution in [1.29, 1.82) is 0 Å². The van der Waals surface area contributed by atoms with Gasteiger partial charge in [-0.2, -0.15) is 0 Å². The maximum atomic E-state index is 10.2. The highest BCUT2D eigenvalue weighted by Gasteiger charge is 2.01. The van der Waals surface area contributed by atoms with E-state index in [1.165, 1.54) is 0 Å². The Hall–Kier alpha value is -0.498. The normalized spacial score (nSPS) is 6.50. The molecule has 0 aliphatic heterocycles. The largest absolute Gasteiger partial charge is 0.502 e. The summed E-state index contributed by atoms with van der Waals surface area (Å²) in [5, 5.41) is 8.28. The summed E-state index contributed by atoms with van der Waals surface area (Å²) in [7, 11) is 0. The zero-order valence-electron chi connectivity index (χ0n) is 5.18. The summed E-state index contributed by atoms with van der Waals surface area (Å²) in [5.41, 5.74) is 0. The highest BCUT2D eigenvalue weighted by molar-refractivity contribution is 5.84. The molecule has 0 atom stereocenters. The lowest BCUT2D eigenvalue weighted by Crippen LogP contribution is -2.05. The fourth-order valence-electron chi connectivity index (χ4n) is 0.214.